The number of hydrogen-bond donors (Lipinski definition) is 2. The molecule has 2 heterocycles. The number of nitrogens with one attached hydrogen (secondary N) is 1. The molecule has 2 aromatic heterocycles. The van der Waals surface area contributed by atoms with Gasteiger partial charge in [-0.2, -0.15) is 0 Å². The van der Waals surface area contributed by atoms with Gasteiger partial charge in [0.1, 0.15) is 4.90 Å². The standard InChI is InChI=1S/C16H17N3O3S/c1-19-11-14(13-6-2-3-7-15(13)19)16(20)10-18-23(21,22)12-5-4-8-17-9-12/h2-9,11,16,18,20H,10H2,1H3/t16-/m0/s1. The second-order valence-electron chi connectivity index (χ2n) is 5.27. The normalized spacial score (nSPS) is 13.3. The highest BCUT2D eigenvalue weighted by Crippen LogP contribution is 2.25. The van der Waals surface area contributed by atoms with Gasteiger partial charge in [-0.1, -0.05) is 18.2 Å². The fourth-order valence-corrected chi connectivity index (χ4v) is 3.53. The average Bonchev–Trinajstić information content (AvgIpc) is 2.91. The number of nitrogens with zero attached hydrogens (tertiary/aromatic N) is 2. The molecule has 120 valence electrons. The number of aryl methyl sites for hydroxylation is 1. The first-order valence-corrected chi connectivity index (χ1v) is 8.59. The summed E-state index contributed by atoms with van der Waals surface area (Å²) in [7, 11) is -1.80. The molecule has 0 saturated heterocycles. The molecule has 0 bridgehead atoms. The minimum atomic E-state index is -3.69. The lowest BCUT2D eigenvalue weighted by molar-refractivity contribution is 0.183. The van der Waals surface area contributed by atoms with Gasteiger partial charge >= 0.3 is 0 Å². The van der Waals surface area contributed by atoms with E-state index in [0.717, 1.165) is 10.9 Å². The molecule has 1 atom stereocenters. The Bertz CT molecular complexity index is 920. The fraction of sp³-hybridized carbons (Fsp3) is 0.188. The molecule has 3 rings (SSSR count). The highest BCUT2D eigenvalue weighted by atomic mass is 32.2. The van der Waals surface area contributed by atoms with Gasteiger partial charge in [-0.05, 0) is 18.2 Å². The number of aliphatic hydroxyl groups is 1. The first-order chi connectivity index (χ1) is 11.0. The van der Waals surface area contributed by atoms with Crippen LogP contribution in [0.4, 0.5) is 0 Å². The monoisotopic (exact) mass is 331 g/mol. The Labute approximate surface area is 134 Å². The number of hydrogen-bond acceptors (Lipinski definition) is 4. The van der Waals surface area contributed by atoms with E-state index in [1.807, 2.05) is 42.1 Å². The highest BCUT2D eigenvalue weighted by molar-refractivity contribution is 7.89. The molecule has 0 fully saturated rings. The van der Waals surface area contributed by atoms with Crippen LogP contribution in [0.2, 0.25) is 0 Å². The Morgan fingerprint density at radius 2 is 2.04 bits per heavy atom. The number of rotatable bonds is 5. The van der Waals surface area contributed by atoms with Gasteiger partial charge in [0.15, 0.2) is 0 Å². The van der Waals surface area contributed by atoms with Gasteiger partial charge in [0, 0.05) is 48.6 Å². The van der Waals surface area contributed by atoms with Crippen molar-refractivity contribution in [2.24, 2.45) is 7.05 Å². The minimum absolute atomic E-state index is 0.0742. The number of fused-ring (bicyclic) bond motifs is 1. The maximum absolute atomic E-state index is 12.2. The smallest absolute Gasteiger partial charge is 0.242 e. The van der Waals surface area contributed by atoms with Gasteiger partial charge in [-0.15, -0.1) is 0 Å². The van der Waals surface area contributed by atoms with Crippen LogP contribution in [0.25, 0.3) is 10.9 Å². The van der Waals surface area contributed by atoms with Crippen LogP contribution in [0.1, 0.15) is 11.7 Å². The Hall–Kier alpha value is -2.22. The molecule has 1 aromatic carbocycles. The summed E-state index contributed by atoms with van der Waals surface area (Å²) in [5, 5.41) is 11.3. The number of aliphatic hydroxyl groups excluding tert-OH is 1. The van der Waals surface area contributed by atoms with Gasteiger partial charge in [0.05, 0.1) is 6.10 Å². The van der Waals surface area contributed by atoms with E-state index in [1.54, 1.807) is 6.07 Å². The van der Waals surface area contributed by atoms with Crippen LogP contribution in [0, 0.1) is 0 Å². The summed E-state index contributed by atoms with van der Waals surface area (Å²) in [6.07, 6.45) is 3.65. The Morgan fingerprint density at radius 3 is 2.78 bits per heavy atom. The zero-order valence-electron chi connectivity index (χ0n) is 12.5. The number of aromatic nitrogens is 2. The molecule has 0 unspecified atom stereocenters. The van der Waals surface area contributed by atoms with Crippen LogP contribution in [-0.2, 0) is 17.1 Å². The minimum Gasteiger partial charge on any atom is -0.387 e. The van der Waals surface area contributed by atoms with Crippen molar-refractivity contribution in [2.75, 3.05) is 6.54 Å². The van der Waals surface area contributed by atoms with E-state index in [0.29, 0.717) is 5.56 Å². The molecule has 0 aliphatic rings. The van der Waals surface area contributed by atoms with Crippen molar-refractivity contribution in [3.8, 4) is 0 Å². The zero-order valence-corrected chi connectivity index (χ0v) is 13.4. The first-order valence-electron chi connectivity index (χ1n) is 7.11. The molecule has 0 spiro atoms. The third kappa shape index (κ3) is 3.12. The van der Waals surface area contributed by atoms with Gasteiger partial charge < -0.3 is 9.67 Å². The lowest BCUT2D eigenvalue weighted by atomic mass is 10.1. The van der Waals surface area contributed by atoms with E-state index in [1.165, 1.54) is 18.5 Å². The lowest BCUT2D eigenvalue weighted by Crippen LogP contribution is -2.28. The second-order valence-corrected chi connectivity index (χ2v) is 7.04. The fourth-order valence-electron chi connectivity index (χ4n) is 2.53. The predicted octanol–water partition coefficient (Wildman–Crippen LogP) is 1.59. The number of benzene rings is 1. The molecular formula is C16H17N3O3S. The average molecular weight is 331 g/mol. The second kappa shape index (κ2) is 6.11. The Morgan fingerprint density at radius 1 is 1.26 bits per heavy atom. The number of para-hydroxylation sites is 1. The third-order valence-electron chi connectivity index (χ3n) is 3.70. The summed E-state index contributed by atoms with van der Waals surface area (Å²) in [6, 6.07) is 10.7. The summed E-state index contributed by atoms with van der Waals surface area (Å²) in [6.45, 7) is -0.106. The van der Waals surface area contributed by atoms with E-state index < -0.39 is 16.1 Å². The van der Waals surface area contributed by atoms with Crippen LogP contribution >= 0.6 is 0 Å². The third-order valence-corrected chi connectivity index (χ3v) is 5.11. The predicted molar refractivity (Wildman–Crippen MR) is 87.3 cm³/mol. The van der Waals surface area contributed by atoms with Crippen LogP contribution in [0.3, 0.4) is 0 Å². The van der Waals surface area contributed by atoms with Gasteiger partial charge in [0.2, 0.25) is 10.0 Å². The Kier molecular flexibility index (Phi) is 4.16. The molecule has 0 aliphatic heterocycles. The van der Waals surface area contributed by atoms with Crippen molar-refractivity contribution in [3.05, 3.63) is 60.6 Å². The molecule has 2 N–H and O–H groups in total. The van der Waals surface area contributed by atoms with Gasteiger partial charge in [-0.3, -0.25) is 4.98 Å². The number of sulfonamides is 1. The quantitative estimate of drug-likeness (QED) is 0.743. The van der Waals surface area contributed by atoms with Crippen LogP contribution in [0.5, 0.6) is 0 Å². The van der Waals surface area contributed by atoms with Gasteiger partial charge in [-0.25, -0.2) is 13.1 Å². The van der Waals surface area contributed by atoms with Crippen molar-refractivity contribution < 1.29 is 13.5 Å². The molecule has 0 amide bonds. The molecule has 6 nitrogen and oxygen atoms in total. The summed E-state index contributed by atoms with van der Waals surface area (Å²) < 4.78 is 28.7. The lowest BCUT2D eigenvalue weighted by Gasteiger charge is -2.11. The largest absolute Gasteiger partial charge is 0.387 e. The number of pyridine rings is 1. The van der Waals surface area contributed by atoms with Crippen molar-refractivity contribution in [3.63, 3.8) is 0 Å². The SMILES string of the molecule is Cn1cc([C@@H](O)CNS(=O)(=O)c2cccnc2)c2ccccc21. The zero-order chi connectivity index (χ0) is 16.4. The van der Waals surface area contributed by atoms with E-state index in [4.69, 9.17) is 0 Å². The summed E-state index contributed by atoms with van der Waals surface area (Å²) in [4.78, 5) is 3.87. The molecule has 0 aliphatic carbocycles. The van der Waals surface area contributed by atoms with Crippen LogP contribution in [-0.4, -0.2) is 29.6 Å². The summed E-state index contributed by atoms with van der Waals surface area (Å²) >= 11 is 0. The highest BCUT2D eigenvalue weighted by Gasteiger charge is 2.19. The summed E-state index contributed by atoms with van der Waals surface area (Å²) in [5.41, 5.74) is 1.67. The molecule has 7 heteroatoms. The topological polar surface area (TPSA) is 84.2 Å². The van der Waals surface area contributed by atoms with E-state index in [-0.39, 0.29) is 11.4 Å². The maximum atomic E-state index is 12.2. The van der Waals surface area contributed by atoms with E-state index >= 15 is 0 Å². The van der Waals surface area contributed by atoms with Crippen LogP contribution < -0.4 is 4.72 Å². The maximum Gasteiger partial charge on any atom is 0.242 e. The molecule has 0 radical (unpaired) electrons. The van der Waals surface area contributed by atoms with Crippen LogP contribution in [0.15, 0.2) is 59.9 Å². The van der Waals surface area contributed by atoms with E-state index in [9.17, 15) is 13.5 Å². The Balaban J connectivity index is 1.81. The van der Waals surface area contributed by atoms with E-state index in [2.05, 4.69) is 9.71 Å². The van der Waals surface area contributed by atoms with Crippen molar-refractivity contribution in [1.29, 1.82) is 0 Å². The molecule has 0 saturated carbocycles. The van der Waals surface area contributed by atoms with Crippen molar-refractivity contribution in [2.45, 2.75) is 11.0 Å². The molecule has 23 heavy (non-hydrogen) atoms. The first kappa shape index (κ1) is 15.7. The summed E-state index contributed by atoms with van der Waals surface area (Å²) in [5.74, 6) is 0. The molecule has 3 aromatic rings. The van der Waals surface area contributed by atoms with Crippen molar-refractivity contribution >= 4 is 20.9 Å². The van der Waals surface area contributed by atoms with Crippen molar-refractivity contribution in [1.82, 2.24) is 14.3 Å². The molecular weight excluding hydrogens is 314 g/mol. The van der Waals surface area contributed by atoms with Gasteiger partial charge in [0.25, 0.3) is 0 Å².